The number of ether oxygens (including phenoxy) is 1. The standard InChI is InChI=1S/C20H30N2O4/c1-3-15(2)22(20(24)16-8-9-16)14-19(23)21(12-17-6-4-10-25-17)13-18-7-5-11-26-18/h4,6,10,15-16,18H,3,5,7-9,11-14H2,1-2H3/t15-,18+/m0/s1. The van der Waals surface area contributed by atoms with Gasteiger partial charge in [-0.2, -0.15) is 0 Å². The quantitative estimate of drug-likeness (QED) is 0.678. The van der Waals surface area contributed by atoms with Gasteiger partial charge in [-0.3, -0.25) is 9.59 Å². The summed E-state index contributed by atoms with van der Waals surface area (Å²) >= 11 is 0. The number of carbonyl (C=O) groups is 2. The van der Waals surface area contributed by atoms with Gasteiger partial charge in [0.1, 0.15) is 12.3 Å². The first-order valence-corrected chi connectivity index (χ1v) is 9.80. The van der Waals surface area contributed by atoms with E-state index < -0.39 is 0 Å². The van der Waals surface area contributed by atoms with Crippen molar-refractivity contribution in [3.8, 4) is 0 Å². The number of hydrogen-bond acceptors (Lipinski definition) is 4. The number of rotatable bonds is 9. The van der Waals surface area contributed by atoms with E-state index >= 15 is 0 Å². The predicted octanol–water partition coefficient (Wildman–Crippen LogP) is 2.82. The van der Waals surface area contributed by atoms with Crippen LogP contribution in [0.15, 0.2) is 22.8 Å². The molecule has 1 aliphatic carbocycles. The SMILES string of the molecule is CC[C@H](C)N(CC(=O)N(Cc1ccco1)C[C@H]1CCCO1)C(=O)C1CC1. The third-order valence-corrected chi connectivity index (χ3v) is 5.37. The van der Waals surface area contributed by atoms with Crippen LogP contribution in [0.4, 0.5) is 0 Å². The van der Waals surface area contributed by atoms with E-state index in [0.717, 1.165) is 44.5 Å². The molecular weight excluding hydrogens is 332 g/mol. The van der Waals surface area contributed by atoms with Crippen LogP contribution in [-0.2, 0) is 20.9 Å². The Morgan fingerprint density at radius 2 is 2.12 bits per heavy atom. The van der Waals surface area contributed by atoms with Crippen molar-refractivity contribution >= 4 is 11.8 Å². The van der Waals surface area contributed by atoms with Gasteiger partial charge in [0, 0.05) is 25.1 Å². The summed E-state index contributed by atoms with van der Waals surface area (Å²) in [6.45, 7) is 5.92. The minimum Gasteiger partial charge on any atom is -0.467 e. The molecule has 1 aliphatic heterocycles. The van der Waals surface area contributed by atoms with Crippen molar-refractivity contribution in [2.45, 2.75) is 64.6 Å². The molecule has 3 rings (SSSR count). The number of furan rings is 1. The Morgan fingerprint density at radius 3 is 2.69 bits per heavy atom. The Labute approximate surface area is 155 Å². The van der Waals surface area contributed by atoms with E-state index in [9.17, 15) is 9.59 Å². The zero-order valence-corrected chi connectivity index (χ0v) is 15.9. The van der Waals surface area contributed by atoms with Crippen LogP contribution in [0.5, 0.6) is 0 Å². The van der Waals surface area contributed by atoms with E-state index in [1.165, 1.54) is 0 Å². The average Bonchev–Trinajstić information content (AvgIpc) is 3.13. The fourth-order valence-corrected chi connectivity index (χ4v) is 3.36. The second-order valence-electron chi connectivity index (χ2n) is 7.49. The van der Waals surface area contributed by atoms with Gasteiger partial charge in [0.05, 0.1) is 18.9 Å². The van der Waals surface area contributed by atoms with Crippen LogP contribution < -0.4 is 0 Å². The molecule has 0 unspecified atom stereocenters. The topological polar surface area (TPSA) is 63.0 Å². The van der Waals surface area contributed by atoms with Gasteiger partial charge in [0.15, 0.2) is 0 Å². The lowest BCUT2D eigenvalue weighted by atomic mass is 10.1. The minimum absolute atomic E-state index is 0.0359. The van der Waals surface area contributed by atoms with Crippen molar-refractivity contribution in [3.05, 3.63) is 24.2 Å². The van der Waals surface area contributed by atoms with Gasteiger partial charge in [0.25, 0.3) is 0 Å². The highest BCUT2D eigenvalue weighted by Crippen LogP contribution is 2.32. The highest BCUT2D eigenvalue weighted by molar-refractivity contribution is 5.87. The molecule has 0 bridgehead atoms. The Balaban J connectivity index is 1.68. The lowest BCUT2D eigenvalue weighted by molar-refractivity contribution is -0.144. The van der Waals surface area contributed by atoms with Crippen molar-refractivity contribution in [1.82, 2.24) is 9.80 Å². The molecule has 0 aromatic carbocycles. The van der Waals surface area contributed by atoms with Crippen molar-refractivity contribution in [1.29, 1.82) is 0 Å². The zero-order chi connectivity index (χ0) is 18.5. The molecule has 0 N–H and O–H groups in total. The minimum atomic E-state index is -0.0359. The molecule has 1 aromatic rings. The first-order valence-electron chi connectivity index (χ1n) is 9.80. The molecule has 2 heterocycles. The lowest BCUT2D eigenvalue weighted by Crippen LogP contribution is -2.48. The van der Waals surface area contributed by atoms with Crippen LogP contribution in [0, 0.1) is 5.92 Å². The monoisotopic (exact) mass is 362 g/mol. The molecule has 1 aromatic heterocycles. The fourth-order valence-electron chi connectivity index (χ4n) is 3.36. The summed E-state index contributed by atoms with van der Waals surface area (Å²) in [5.41, 5.74) is 0. The summed E-state index contributed by atoms with van der Waals surface area (Å²) in [6.07, 6.45) is 6.44. The van der Waals surface area contributed by atoms with E-state index in [1.807, 2.05) is 19.1 Å². The first kappa shape index (κ1) is 19.0. The van der Waals surface area contributed by atoms with Gasteiger partial charge in [-0.25, -0.2) is 0 Å². The van der Waals surface area contributed by atoms with Crippen molar-refractivity contribution < 1.29 is 18.7 Å². The van der Waals surface area contributed by atoms with Gasteiger partial charge >= 0.3 is 0 Å². The molecule has 1 saturated heterocycles. The maximum atomic E-state index is 13.1. The van der Waals surface area contributed by atoms with E-state index in [-0.39, 0.29) is 36.4 Å². The summed E-state index contributed by atoms with van der Waals surface area (Å²) in [7, 11) is 0. The fraction of sp³-hybridized carbons (Fsp3) is 0.700. The van der Waals surface area contributed by atoms with E-state index in [1.54, 1.807) is 16.1 Å². The molecule has 2 atom stereocenters. The normalized spacial score (nSPS) is 20.8. The van der Waals surface area contributed by atoms with Crippen LogP contribution in [-0.4, -0.2) is 53.5 Å². The highest BCUT2D eigenvalue weighted by Gasteiger charge is 2.36. The molecule has 2 amide bonds. The Bertz CT molecular complexity index is 591. The lowest BCUT2D eigenvalue weighted by Gasteiger charge is -2.32. The van der Waals surface area contributed by atoms with Crippen LogP contribution in [0.3, 0.4) is 0 Å². The van der Waals surface area contributed by atoms with Gasteiger partial charge in [-0.15, -0.1) is 0 Å². The Morgan fingerprint density at radius 1 is 1.31 bits per heavy atom. The summed E-state index contributed by atoms with van der Waals surface area (Å²) < 4.78 is 11.1. The van der Waals surface area contributed by atoms with Crippen LogP contribution >= 0.6 is 0 Å². The third-order valence-electron chi connectivity index (χ3n) is 5.37. The first-order chi connectivity index (χ1) is 12.6. The summed E-state index contributed by atoms with van der Waals surface area (Å²) in [4.78, 5) is 29.3. The number of amides is 2. The van der Waals surface area contributed by atoms with Crippen LogP contribution in [0.2, 0.25) is 0 Å². The summed E-state index contributed by atoms with van der Waals surface area (Å²) in [6, 6.07) is 3.77. The summed E-state index contributed by atoms with van der Waals surface area (Å²) in [5.74, 6) is 0.961. The molecular formula is C20H30N2O4. The van der Waals surface area contributed by atoms with Gasteiger partial charge < -0.3 is 19.0 Å². The number of hydrogen-bond donors (Lipinski definition) is 0. The zero-order valence-electron chi connectivity index (χ0n) is 15.9. The van der Waals surface area contributed by atoms with Crippen LogP contribution in [0.1, 0.15) is 51.7 Å². The van der Waals surface area contributed by atoms with E-state index in [0.29, 0.717) is 13.1 Å². The second kappa shape index (κ2) is 8.71. The van der Waals surface area contributed by atoms with Crippen LogP contribution in [0.25, 0.3) is 0 Å². The molecule has 2 fully saturated rings. The predicted molar refractivity (Wildman–Crippen MR) is 97.3 cm³/mol. The van der Waals surface area contributed by atoms with Gasteiger partial charge in [0.2, 0.25) is 11.8 Å². The largest absolute Gasteiger partial charge is 0.467 e. The number of nitrogens with zero attached hydrogens (tertiary/aromatic N) is 2. The van der Waals surface area contributed by atoms with Gasteiger partial charge in [-0.1, -0.05) is 6.92 Å². The average molecular weight is 362 g/mol. The maximum Gasteiger partial charge on any atom is 0.242 e. The smallest absolute Gasteiger partial charge is 0.242 e. The molecule has 1 saturated carbocycles. The number of carbonyl (C=O) groups excluding carboxylic acids is 2. The van der Waals surface area contributed by atoms with Crippen molar-refractivity contribution in [2.24, 2.45) is 5.92 Å². The van der Waals surface area contributed by atoms with Gasteiger partial charge in [-0.05, 0) is 51.2 Å². The van der Waals surface area contributed by atoms with Crippen molar-refractivity contribution in [2.75, 3.05) is 19.7 Å². The Hall–Kier alpha value is -1.82. The molecule has 6 nitrogen and oxygen atoms in total. The molecule has 0 radical (unpaired) electrons. The molecule has 144 valence electrons. The van der Waals surface area contributed by atoms with E-state index in [2.05, 4.69) is 6.92 Å². The summed E-state index contributed by atoms with van der Waals surface area (Å²) in [5, 5.41) is 0. The highest BCUT2D eigenvalue weighted by atomic mass is 16.5. The second-order valence-corrected chi connectivity index (χ2v) is 7.49. The molecule has 0 spiro atoms. The molecule has 6 heteroatoms. The van der Waals surface area contributed by atoms with E-state index in [4.69, 9.17) is 9.15 Å². The maximum absolute atomic E-state index is 13.1. The third kappa shape index (κ3) is 4.87. The molecule has 2 aliphatic rings. The Kier molecular flexibility index (Phi) is 6.35. The van der Waals surface area contributed by atoms with Crippen molar-refractivity contribution in [3.63, 3.8) is 0 Å². The molecule has 26 heavy (non-hydrogen) atoms.